The van der Waals surface area contributed by atoms with Gasteiger partial charge in [0.1, 0.15) is 6.73 Å². The van der Waals surface area contributed by atoms with Crippen LogP contribution in [-0.2, 0) is 4.74 Å². The normalized spacial score (nSPS) is 12.7. The molecule has 4 heteroatoms. The first-order chi connectivity index (χ1) is 6.45. The van der Waals surface area contributed by atoms with Crippen molar-refractivity contribution in [3.05, 3.63) is 12.8 Å². The van der Waals surface area contributed by atoms with Gasteiger partial charge < -0.3 is 10.1 Å². The van der Waals surface area contributed by atoms with Crippen molar-refractivity contribution in [3.63, 3.8) is 0 Å². The molecule has 1 N–H and O–H groups in total. The third kappa shape index (κ3) is 9.47. The maximum Gasteiger partial charge on any atom is 0.139 e. The van der Waals surface area contributed by atoms with E-state index in [-0.39, 0.29) is 0 Å². The van der Waals surface area contributed by atoms with Crippen LogP contribution in [0, 0.1) is 0 Å². The summed E-state index contributed by atoms with van der Waals surface area (Å²) in [5.74, 6) is 0.841. The minimum absolute atomic E-state index is 0.442. The van der Waals surface area contributed by atoms with Crippen molar-refractivity contribution in [2.24, 2.45) is 4.99 Å². The molecule has 0 aromatic rings. The zero-order valence-electron chi connectivity index (χ0n) is 9.76. The maximum absolute atomic E-state index is 5.40. The van der Waals surface area contributed by atoms with E-state index in [9.17, 15) is 0 Å². The number of nitrogens with one attached hydrogen (secondary N) is 1. The summed E-state index contributed by atoms with van der Waals surface area (Å²) >= 11 is 0. The van der Waals surface area contributed by atoms with Crippen molar-refractivity contribution in [1.82, 2.24) is 5.32 Å². The summed E-state index contributed by atoms with van der Waals surface area (Å²) in [5, 5.41) is 2.90. The number of amidine groups is 1. The summed E-state index contributed by atoms with van der Waals surface area (Å²) in [6.45, 7) is 13.7. The Balaban J connectivity index is 3.46. The Labute approximate surface area is 88.3 Å². The topological polar surface area (TPSA) is 33.6 Å². The van der Waals surface area contributed by atoms with E-state index in [1.165, 1.54) is 6.04 Å². The summed E-state index contributed by atoms with van der Waals surface area (Å²) in [7, 11) is -0.955. The van der Waals surface area contributed by atoms with E-state index in [2.05, 4.69) is 36.5 Å². The summed E-state index contributed by atoms with van der Waals surface area (Å²) in [4.78, 5) is 4.16. The van der Waals surface area contributed by atoms with Crippen molar-refractivity contribution in [3.8, 4) is 0 Å². The predicted octanol–water partition coefficient (Wildman–Crippen LogP) is 2.45. The smallest absolute Gasteiger partial charge is 0.139 e. The second-order valence-electron chi connectivity index (χ2n) is 4.44. The monoisotopic (exact) mass is 214 g/mol. The van der Waals surface area contributed by atoms with E-state index < -0.39 is 8.07 Å². The van der Waals surface area contributed by atoms with Crippen LogP contribution < -0.4 is 5.32 Å². The van der Waals surface area contributed by atoms with Crippen LogP contribution in [-0.4, -0.2) is 27.2 Å². The first-order valence-corrected chi connectivity index (χ1v) is 8.62. The van der Waals surface area contributed by atoms with Crippen molar-refractivity contribution in [2.75, 3.05) is 13.3 Å². The first kappa shape index (κ1) is 13.4. The highest BCUT2D eigenvalue weighted by Crippen LogP contribution is 2.07. The average Bonchev–Trinajstić information content (AvgIpc) is 2.02. The van der Waals surface area contributed by atoms with Gasteiger partial charge in [0.25, 0.3) is 0 Å². The van der Waals surface area contributed by atoms with Gasteiger partial charge in [-0.05, 0) is 19.2 Å². The van der Waals surface area contributed by atoms with Crippen LogP contribution in [0.25, 0.3) is 0 Å². The van der Waals surface area contributed by atoms with Crippen molar-refractivity contribution in [1.29, 1.82) is 0 Å². The molecule has 0 spiro atoms. The Hall–Kier alpha value is -0.613. The lowest BCUT2D eigenvalue weighted by Gasteiger charge is -2.14. The molecule has 0 atom stereocenters. The van der Waals surface area contributed by atoms with Crippen LogP contribution in [0.1, 0.15) is 6.92 Å². The van der Waals surface area contributed by atoms with Crippen molar-refractivity contribution < 1.29 is 4.74 Å². The van der Waals surface area contributed by atoms with Crippen LogP contribution in [0.2, 0.25) is 25.7 Å². The van der Waals surface area contributed by atoms with Crippen LogP contribution in [0.3, 0.4) is 0 Å². The molecule has 0 fully saturated rings. The summed E-state index contributed by atoms with van der Waals surface area (Å²) < 4.78 is 5.40. The number of hydrogen-bond donors (Lipinski definition) is 1. The fourth-order valence-electron chi connectivity index (χ4n) is 0.779. The van der Waals surface area contributed by atoms with E-state index in [4.69, 9.17) is 4.74 Å². The maximum atomic E-state index is 5.40. The van der Waals surface area contributed by atoms with Crippen LogP contribution in [0.4, 0.5) is 0 Å². The fraction of sp³-hybridized carbons (Fsp3) is 0.700. The Bertz CT molecular complexity index is 197. The molecule has 0 aliphatic rings. The SMILES string of the molecule is C=CNC(C)=NCOCC[Si](C)(C)C. The molecule has 0 radical (unpaired) electrons. The standard InChI is InChI=1S/C10H22N2OSi/c1-6-11-10(2)12-9-13-7-8-14(3,4)5/h6H,1,7-9H2,2-5H3,(H,11,12). The molecule has 0 aromatic carbocycles. The second-order valence-corrected chi connectivity index (χ2v) is 10.1. The lowest BCUT2D eigenvalue weighted by Crippen LogP contribution is -2.22. The summed E-state index contributed by atoms with van der Waals surface area (Å²) in [5.41, 5.74) is 0. The van der Waals surface area contributed by atoms with Crippen molar-refractivity contribution in [2.45, 2.75) is 32.6 Å². The zero-order valence-corrected chi connectivity index (χ0v) is 10.8. The predicted molar refractivity (Wildman–Crippen MR) is 65.4 cm³/mol. The molecule has 0 saturated carbocycles. The third-order valence-electron chi connectivity index (χ3n) is 1.70. The van der Waals surface area contributed by atoms with Gasteiger partial charge in [0.2, 0.25) is 0 Å². The average molecular weight is 214 g/mol. The number of nitrogens with zero attached hydrogens (tertiary/aromatic N) is 1. The van der Waals surface area contributed by atoms with E-state index >= 15 is 0 Å². The molecule has 3 nitrogen and oxygen atoms in total. The van der Waals surface area contributed by atoms with Gasteiger partial charge in [0.15, 0.2) is 0 Å². The second kappa shape index (κ2) is 6.78. The number of rotatable bonds is 6. The van der Waals surface area contributed by atoms with Gasteiger partial charge in [0.05, 0.1) is 5.84 Å². The molecule has 0 bridgehead atoms. The molecule has 0 amide bonds. The van der Waals surface area contributed by atoms with Crippen molar-refractivity contribution >= 4 is 13.9 Å². The van der Waals surface area contributed by atoms with Crippen LogP contribution >= 0.6 is 0 Å². The van der Waals surface area contributed by atoms with E-state index in [1.807, 2.05) is 6.92 Å². The van der Waals surface area contributed by atoms with E-state index in [1.54, 1.807) is 6.20 Å². The van der Waals surface area contributed by atoms with Gasteiger partial charge in [0, 0.05) is 14.7 Å². The minimum atomic E-state index is -0.955. The minimum Gasteiger partial charge on any atom is -0.360 e. The molecule has 82 valence electrons. The summed E-state index contributed by atoms with van der Waals surface area (Å²) in [6.07, 6.45) is 1.61. The van der Waals surface area contributed by atoms with Gasteiger partial charge in [-0.3, -0.25) is 0 Å². The number of ether oxygens (including phenoxy) is 1. The number of hydrogen-bond acceptors (Lipinski definition) is 2. The highest BCUT2D eigenvalue weighted by molar-refractivity contribution is 6.76. The van der Waals surface area contributed by atoms with E-state index in [0.29, 0.717) is 6.73 Å². The Morgan fingerprint density at radius 2 is 2.14 bits per heavy atom. The molecule has 0 saturated heterocycles. The Morgan fingerprint density at radius 3 is 2.64 bits per heavy atom. The Morgan fingerprint density at radius 1 is 1.50 bits per heavy atom. The first-order valence-electron chi connectivity index (χ1n) is 4.92. The van der Waals surface area contributed by atoms with Gasteiger partial charge in [-0.25, -0.2) is 4.99 Å². The Kier molecular flexibility index (Phi) is 6.49. The van der Waals surface area contributed by atoms with Crippen LogP contribution in [0.15, 0.2) is 17.8 Å². The molecular formula is C10H22N2OSi. The molecular weight excluding hydrogens is 192 g/mol. The molecule has 0 unspecified atom stereocenters. The largest absolute Gasteiger partial charge is 0.360 e. The fourth-order valence-corrected chi connectivity index (χ4v) is 1.54. The van der Waals surface area contributed by atoms with Gasteiger partial charge in [-0.15, -0.1) is 0 Å². The summed E-state index contributed by atoms with van der Waals surface area (Å²) in [6, 6.07) is 1.19. The highest BCUT2D eigenvalue weighted by Gasteiger charge is 2.11. The highest BCUT2D eigenvalue weighted by atomic mass is 28.3. The van der Waals surface area contributed by atoms with E-state index in [0.717, 1.165) is 12.4 Å². The molecule has 0 aliphatic heterocycles. The third-order valence-corrected chi connectivity index (χ3v) is 3.40. The molecule has 14 heavy (non-hydrogen) atoms. The van der Waals surface area contributed by atoms with Gasteiger partial charge >= 0.3 is 0 Å². The molecule has 0 aliphatic carbocycles. The zero-order chi connectivity index (χ0) is 11.0. The van der Waals surface area contributed by atoms with Gasteiger partial charge in [-0.1, -0.05) is 26.2 Å². The lowest BCUT2D eigenvalue weighted by molar-refractivity contribution is 0.155. The van der Waals surface area contributed by atoms with Gasteiger partial charge in [-0.2, -0.15) is 0 Å². The lowest BCUT2D eigenvalue weighted by atomic mass is 10.6. The molecule has 0 aromatic heterocycles. The molecule has 0 heterocycles. The van der Waals surface area contributed by atoms with Crippen LogP contribution in [0.5, 0.6) is 0 Å². The quantitative estimate of drug-likeness (QED) is 0.319. The number of aliphatic imine (C=N–C) groups is 1. The molecule has 0 rings (SSSR count).